The Hall–Kier alpha value is -1.18. The van der Waals surface area contributed by atoms with Gasteiger partial charge in [-0.15, -0.1) is 0 Å². The topological polar surface area (TPSA) is 8.81 Å². The molecule has 0 amide bonds. The molecule has 0 atom stereocenters. The maximum atomic E-state index is 3.21. The third-order valence-electron chi connectivity index (χ3n) is 3.34. The molecule has 1 aromatic carbocycles. The zero-order chi connectivity index (χ0) is 14.8. The number of halogens is 1. The maximum Gasteiger partial charge on any atom is 0.243 e. The van der Waals surface area contributed by atoms with Crippen molar-refractivity contribution in [3.05, 3.63) is 73.4 Å². The van der Waals surface area contributed by atoms with E-state index in [9.17, 15) is 0 Å². The first-order valence-corrected chi connectivity index (χ1v) is 7.75. The van der Waals surface area contributed by atoms with Gasteiger partial charge in [0.1, 0.15) is 0 Å². The van der Waals surface area contributed by atoms with Gasteiger partial charge in [0.2, 0.25) is 6.33 Å². The van der Waals surface area contributed by atoms with Gasteiger partial charge in [0.05, 0.1) is 12.2 Å². The summed E-state index contributed by atoms with van der Waals surface area (Å²) >= 11 is 0. The van der Waals surface area contributed by atoms with Gasteiger partial charge in [0.15, 0.2) is 0 Å². The third-order valence-corrected chi connectivity index (χ3v) is 3.34. The van der Waals surface area contributed by atoms with Crippen LogP contribution in [-0.4, -0.2) is 4.57 Å². The average Bonchev–Trinajstić information content (AvgIpc) is 2.97. The van der Waals surface area contributed by atoms with Crippen molar-refractivity contribution in [1.29, 1.82) is 0 Å². The van der Waals surface area contributed by atoms with E-state index in [-0.39, 0.29) is 31.9 Å². The molecule has 1 radical (unpaired) electrons. The molecule has 3 rings (SSSR count). The first-order valence-electron chi connectivity index (χ1n) is 7.75. The van der Waals surface area contributed by atoms with Crippen LogP contribution in [0.1, 0.15) is 32.6 Å². The van der Waals surface area contributed by atoms with Crippen LogP contribution in [0, 0.1) is 6.33 Å². The molecular weight excluding hydrogens is 395 g/mol. The molecule has 127 valence electrons. The number of benzene rings is 1. The fraction of sp³-hybridized carbons (Fsp3) is 0.316. The minimum Gasteiger partial charge on any atom is -1.00 e. The van der Waals surface area contributed by atoms with E-state index in [2.05, 4.69) is 49.7 Å². The zero-order valence-corrected chi connectivity index (χ0v) is 15.9. The molecule has 1 aromatic heterocycles. The van der Waals surface area contributed by atoms with Crippen LogP contribution in [0.15, 0.2) is 67.0 Å². The summed E-state index contributed by atoms with van der Waals surface area (Å²) in [5, 5.41) is 0. The summed E-state index contributed by atoms with van der Waals surface area (Å²) in [6, 6.07) is 10.2. The zero-order valence-electron chi connectivity index (χ0n) is 13.5. The van der Waals surface area contributed by atoms with Gasteiger partial charge in [-0.2, -0.15) is 0 Å². The monoisotopic (exact) mass is 418 g/mol. The van der Waals surface area contributed by atoms with E-state index in [1.165, 1.54) is 25.7 Å². The van der Waals surface area contributed by atoms with E-state index in [4.69, 9.17) is 0 Å². The SMILES string of the molecule is C1=C\CC/C=C\CC/1.CC[n+]1[c-]n(-c2ccccc2)cc1.[Cl-].[Rh]. The Labute approximate surface area is 159 Å². The molecule has 0 spiro atoms. The summed E-state index contributed by atoms with van der Waals surface area (Å²) in [7, 11) is 0. The fourth-order valence-electron chi connectivity index (χ4n) is 2.12. The summed E-state index contributed by atoms with van der Waals surface area (Å²) in [5.41, 5.74) is 1.15. The summed E-state index contributed by atoms with van der Waals surface area (Å²) in [6.45, 7) is 3.06. The van der Waals surface area contributed by atoms with Crippen LogP contribution in [0.25, 0.3) is 5.69 Å². The largest absolute Gasteiger partial charge is 1.00 e. The van der Waals surface area contributed by atoms with Gasteiger partial charge in [-0.1, -0.05) is 54.6 Å². The van der Waals surface area contributed by atoms with E-state index in [0.29, 0.717) is 0 Å². The number of nitrogens with zero attached hydrogens (tertiary/aromatic N) is 2. The summed E-state index contributed by atoms with van der Waals surface area (Å²) in [6.07, 6.45) is 21.2. The van der Waals surface area contributed by atoms with Crippen molar-refractivity contribution >= 4 is 0 Å². The van der Waals surface area contributed by atoms with Crippen molar-refractivity contribution in [3.63, 3.8) is 0 Å². The first-order chi connectivity index (χ1) is 10.4. The Morgan fingerprint density at radius 1 is 0.957 bits per heavy atom. The Bertz CT molecular complexity index is 550. The molecule has 2 nitrogen and oxygen atoms in total. The molecule has 4 heteroatoms. The molecule has 2 aromatic rings. The van der Waals surface area contributed by atoms with E-state index < -0.39 is 0 Å². The first kappa shape index (κ1) is 21.8. The quantitative estimate of drug-likeness (QED) is 0.300. The molecule has 1 aliphatic rings. The fourth-order valence-corrected chi connectivity index (χ4v) is 2.12. The van der Waals surface area contributed by atoms with Crippen molar-refractivity contribution in [2.24, 2.45) is 0 Å². The minimum absolute atomic E-state index is 0. The van der Waals surface area contributed by atoms with Crippen LogP contribution >= 0.6 is 0 Å². The van der Waals surface area contributed by atoms with Gasteiger partial charge >= 0.3 is 0 Å². The van der Waals surface area contributed by atoms with E-state index in [0.717, 1.165) is 12.2 Å². The second-order valence-electron chi connectivity index (χ2n) is 4.99. The number of aryl methyl sites for hydroxylation is 1. The minimum atomic E-state index is 0. The standard InChI is InChI=1S/C11H12N2.C8H12.ClH.Rh/c1-2-12-8-9-13(10-12)11-6-4-3-5-7-11;1-2-4-6-8-7-5-3-1;;/h3-9H,2H2,1H3;1-2,7-8H,3-6H2;1H;/p-1/b;2-1-,8-7-;;. The molecule has 0 aliphatic heterocycles. The van der Waals surface area contributed by atoms with Crippen LogP contribution in [0.2, 0.25) is 0 Å². The van der Waals surface area contributed by atoms with E-state index in [1.54, 1.807) is 0 Å². The normalized spacial score (nSPS) is 15.5. The van der Waals surface area contributed by atoms with Gasteiger partial charge in [0.25, 0.3) is 0 Å². The summed E-state index contributed by atoms with van der Waals surface area (Å²) in [5.74, 6) is 0. The maximum absolute atomic E-state index is 3.21. The Morgan fingerprint density at radius 3 is 1.91 bits per heavy atom. The number of imidazole rings is 1. The number of allylic oxidation sites excluding steroid dienone is 4. The number of hydrogen-bond donors (Lipinski definition) is 0. The van der Waals surface area contributed by atoms with Crippen LogP contribution in [0.4, 0.5) is 0 Å². The molecule has 0 fully saturated rings. The second-order valence-corrected chi connectivity index (χ2v) is 4.99. The van der Waals surface area contributed by atoms with Crippen molar-refractivity contribution in [2.75, 3.05) is 0 Å². The number of aromatic nitrogens is 2. The number of para-hydroxylation sites is 1. The second kappa shape index (κ2) is 13.3. The molecule has 0 N–H and O–H groups in total. The molecule has 1 aliphatic carbocycles. The molecule has 0 bridgehead atoms. The predicted octanol–water partition coefficient (Wildman–Crippen LogP) is 1.26. The van der Waals surface area contributed by atoms with Crippen molar-refractivity contribution in [2.45, 2.75) is 39.2 Å². The van der Waals surface area contributed by atoms with Gasteiger partial charge in [-0.05, 0) is 32.6 Å². The Morgan fingerprint density at radius 2 is 1.48 bits per heavy atom. The van der Waals surface area contributed by atoms with E-state index in [1.807, 2.05) is 39.7 Å². The van der Waals surface area contributed by atoms with Crippen molar-refractivity contribution in [1.82, 2.24) is 4.57 Å². The summed E-state index contributed by atoms with van der Waals surface area (Å²) in [4.78, 5) is 0. The molecule has 23 heavy (non-hydrogen) atoms. The molecule has 1 heterocycles. The smallest absolute Gasteiger partial charge is 0.243 e. The molecule has 0 saturated heterocycles. The molecule has 0 saturated carbocycles. The van der Waals surface area contributed by atoms with Crippen LogP contribution in [-0.2, 0) is 26.0 Å². The average molecular weight is 419 g/mol. The van der Waals surface area contributed by atoms with Gasteiger partial charge in [-0.25, -0.2) is 0 Å². The molecular formula is C19H24ClN2Rh-. The van der Waals surface area contributed by atoms with Crippen molar-refractivity contribution in [3.8, 4) is 5.69 Å². The summed E-state index contributed by atoms with van der Waals surface area (Å²) < 4.78 is 4.01. The third kappa shape index (κ3) is 8.30. The van der Waals surface area contributed by atoms with Gasteiger partial charge in [0, 0.05) is 31.9 Å². The van der Waals surface area contributed by atoms with Gasteiger partial charge < -0.3 is 21.5 Å². The van der Waals surface area contributed by atoms with Gasteiger partial charge in [-0.3, -0.25) is 0 Å². The van der Waals surface area contributed by atoms with Crippen LogP contribution in [0.3, 0.4) is 0 Å². The van der Waals surface area contributed by atoms with E-state index >= 15 is 0 Å². The Kier molecular flexibility index (Phi) is 12.6. The van der Waals surface area contributed by atoms with Crippen molar-refractivity contribution < 1.29 is 36.5 Å². The Balaban J connectivity index is 0.000000425. The van der Waals surface area contributed by atoms with Crippen LogP contribution < -0.4 is 17.0 Å². The van der Waals surface area contributed by atoms with Crippen LogP contribution in [0.5, 0.6) is 0 Å². The molecule has 0 unspecified atom stereocenters. The number of rotatable bonds is 2. The number of hydrogen-bond acceptors (Lipinski definition) is 0. The predicted molar refractivity (Wildman–Crippen MR) is 87.2 cm³/mol.